The van der Waals surface area contributed by atoms with Crippen molar-refractivity contribution >= 4 is 45.6 Å². The lowest BCUT2D eigenvalue weighted by Gasteiger charge is -2.02. The first-order chi connectivity index (χ1) is 13.6. The molecule has 1 amide bonds. The zero-order valence-corrected chi connectivity index (χ0v) is 16.9. The molecule has 1 aromatic heterocycles. The summed E-state index contributed by atoms with van der Waals surface area (Å²) in [5.74, 6) is -0.229. The van der Waals surface area contributed by atoms with Crippen LogP contribution in [0, 0.1) is 0 Å². The third kappa shape index (κ3) is 4.09. The van der Waals surface area contributed by atoms with Crippen LogP contribution in [-0.4, -0.2) is 10.9 Å². The molecule has 4 aromatic rings. The number of thiazole rings is 1. The van der Waals surface area contributed by atoms with E-state index in [-0.39, 0.29) is 5.91 Å². The van der Waals surface area contributed by atoms with Gasteiger partial charge in [-0.15, -0.1) is 0 Å². The van der Waals surface area contributed by atoms with Crippen molar-refractivity contribution in [1.29, 1.82) is 0 Å². The summed E-state index contributed by atoms with van der Waals surface area (Å²) >= 11 is 13.4. The van der Waals surface area contributed by atoms with Gasteiger partial charge < -0.3 is 0 Å². The van der Waals surface area contributed by atoms with Gasteiger partial charge in [0.2, 0.25) is 0 Å². The summed E-state index contributed by atoms with van der Waals surface area (Å²) < 4.78 is 0. The van der Waals surface area contributed by atoms with E-state index >= 15 is 0 Å². The summed E-state index contributed by atoms with van der Waals surface area (Å²) in [6.45, 7) is 0. The average Bonchev–Trinajstić information content (AvgIpc) is 3.13. The van der Waals surface area contributed by atoms with E-state index in [2.05, 4.69) is 10.3 Å². The Balaban J connectivity index is 1.71. The van der Waals surface area contributed by atoms with Gasteiger partial charge in [-0.1, -0.05) is 77.0 Å². The topological polar surface area (TPSA) is 42.0 Å². The number of benzene rings is 3. The molecule has 0 spiro atoms. The molecular formula is C22H14Cl2N2OS. The van der Waals surface area contributed by atoms with Gasteiger partial charge in [0, 0.05) is 21.2 Å². The highest BCUT2D eigenvalue weighted by Gasteiger charge is 2.17. The van der Waals surface area contributed by atoms with Crippen LogP contribution in [-0.2, 0) is 0 Å². The van der Waals surface area contributed by atoms with E-state index in [1.54, 1.807) is 24.3 Å². The molecular weight excluding hydrogens is 411 g/mol. The van der Waals surface area contributed by atoms with Crippen molar-refractivity contribution in [2.24, 2.45) is 0 Å². The SMILES string of the molecule is O=C(Nc1nc(-c2ccc(Cl)cc2)c(-c2ccccc2)s1)c1ccc(Cl)cc1. The highest BCUT2D eigenvalue weighted by atomic mass is 35.5. The van der Waals surface area contributed by atoms with E-state index in [1.807, 2.05) is 54.6 Å². The number of amides is 1. The zero-order chi connectivity index (χ0) is 19.5. The maximum atomic E-state index is 12.6. The summed E-state index contributed by atoms with van der Waals surface area (Å²) in [6.07, 6.45) is 0. The molecule has 0 fully saturated rings. The lowest BCUT2D eigenvalue weighted by atomic mass is 10.1. The van der Waals surface area contributed by atoms with Crippen LogP contribution < -0.4 is 5.32 Å². The summed E-state index contributed by atoms with van der Waals surface area (Å²) in [5.41, 5.74) is 3.30. The minimum Gasteiger partial charge on any atom is -0.298 e. The number of carbonyl (C=O) groups excluding carboxylic acids is 1. The molecule has 0 atom stereocenters. The summed E-state index contributed by atoms with van der Waals surface area (Å²) in [5, 5.41) is 4.67. The van der Waals surface area contributed by atoms with Gasteiger partial charge in [-0.25, -0.2) is 4.98 Å². The number of carbonyl (C=O) groups is 1. The van der Waals surface area contributed by atoms with Crippen LogP contribution in [0.25, 0.3) is 21.7 Å². The minimum atomic E-state index is -0.229. The fourth-order valence-electron chi connectivity index (χ4n) is 2.73. The van der Waals surface area contributed by atoms with Crippen LogP contribution in [0.4, 0.5) is 5.13 Å². The molecule has 3 nitrogen and oxygen atoms in total. The molecule has 0 unspecified atom stereocenters. The van der Waals surface area contributed by atoms with E-state index in [9.17, 15) is 4.79 Å². The smallest absolute Gasteiger partial charge is 0.257 e. The van der Waals surface area contributed by atoms with Crippen molar-refractivity contribution < 1.29 is 4.79 Å². The first kappa shape index (κ1) is 18.7. The number of anilines is 1. The van der Waals surface area contributed by atoms with Crippen molar-refractivity contribution in [3.63, 3.8) is 0 Å². The van der Waals surface area contributed by atoms with E-state index in [1.165, 1.54) is 11.3 Å². The van der Waals surface area contributed by atoms with Crippen LogP contribution in [0.15, 0.2) is 78.9 Å². The first-order valence-electron chi connectivity index (χ1n) is 8.49. The van der Waals surface area contributed by atoms with Gasteiger partial charge in [0.05, 0.1) is 10.6 Å². The monoisotopic (exact) mass is 424 g/mol. The average molecular weight is 425 g/mol. The van der Waals surface area contributed by atoms with E-state index in [0.717, 1.165) is 21.7 Å². The molecule has 0 aliphatic heterocycles. The summed E-state index contributed by atoms with van der Waals surface area (Å²) in [7, 11) is 0. The van der Waals surface area contributed by atoms with Crippen LogP contribution in [0.1, 0.15) is 10.4 Å². The molecule has 28 heavy (non-hydrogen) atoms. The summed E-state index contributed by atoms with van der Waals surface area (Å²) in [4.78, 5) is 18.2. The highest BCUT2D eigenvalue weighted by Crippen LogP contribution is 2.39. The van der Waals surface area contributed by atoms with E-state index < -0.39 is 0 Å². The van der Waals surface area contributed by atoms with Gasteiger partial charge in [0.25, 0.3) is 5.91 Å². The molecule has 0 aliphatic rings. The fraction of sp³-hybridized carbons (Fsp3) is 0. The fourth-order valence-corrected chi connectivity index (χ4v) is 3.97. The standard InChI is InChI=1S/C22H14Cl2N2OS/c23-17-10-6-14(7-11-17)19-20(15-4-2-1-3-5-15)28-22(25-19)26-21(27)16-8-12-18(24)13-9-16/h1-13H,(H,25,26,27). The number of halogens is 2. The Labute approximate surface area is 176 Å². The normalized spacial score (nSPS) is 10.6. The van der Waals surface area contributed by atoms with Gasteiger partial charge in [-0.05, 0) is 42.0 Å². The number of hydrogen-bond acceptors (Lipinski definition) is 3. The second kappa shape index (κ2) is 8.15. The number of nitrogens with zero attached hydrogens (tertiary/aromatic N) is 1. The van der Waals surface area contributed by atoms with E-state index in [4.69, 9.17) is 23.2 Å². The first-order valence-corrected chi connectivity index (χ1v) is 10.1. The van der Waals surface area contributed by atoms with Gasteiger partial charge in [-0.3, -0.25) is 10.1 Å². The summed E-state index contributed by atoms with van der Waals surface area (Å²) in [6, 6.07) is 24.2. The van der Waals surface area contributed by atoms with Crippen LogP contribution in [0.5, 0.6) is 0 Å². The molecule has 1 N–H and O–H groups in total. The van der Waals surface area contributed by atoms with Gasteiger partial charge in [-0.2, -0.15) is 0 Å². The van der Waals surface area contributed by atoms with Crippen LogP contribution >= 0.6 is 34.5 Å². The van der Waals surface area contributed by atoms with Crippen molar-refractivity contribution in [3.8, 4) is 21.7 Å². The second-order valence-electron chi connectivity index (χ2n) is 6.03. The van der Waals surface area contributed by atoms with E-state index in [0.29, 0.717) is 20.7 Å². The molecule has 0 aliphatic carbocycles. The Hall–Kier alpha value is -2.66. The Morgan fingerprint density at radius 1 is 0.786 bits per heavy atom. The molecule has 4 rings (SSSR count). The van der Waals surface area contributed by atoms with Gasteiger partial charge in [0.15, 0.2) is 5.13 Å². The van der Waals surface area contributed by atoms with Crippen LogP contribution in [0.3, 0.4) is 0 Å². The molecule has 3 aromatic carbocycles. The van der Waals surface area contributed by atoms with Crippen molar-refractivity contribution in [2.75, 3.05) is 5.32 Å². The Morgan fingerprint density at radius 3 is 2.04 bits per heavy atom. The molecule has 0 radical (unpaired) electrons. The number of hydrogen-bond donors (Lipinski definition) is 1. The molecule has 0 saturated carbocycles. The molecule has 0 saturated heterocycles. The quantitative estimate of drug-likeness (QED) is 0.381. The Bertz CT molecular complexity index is 1110. The Morgan fingerprint density at radius 2 is 1.39 bits per heavy atom. The Kier molecular flexibility index (Phi) is 5.44. The number of aromatic nitrogens is 1. The molecule has 1 heterocycles. The minimum absolute atomic E-state index is 0.229. The van der Waals surface area contributed by atoms with Crippen LogP contribution in [0.2, 0.25) is 10.0 Å². The van der Waals surface area contributed by atoms with Crippen molar-refractivity contribution in [1.82, 2.24) is 4.98 Å². The van der Waals surface area contributed by atoms with Gasteiger partial charge in [0.1, 0.15) is 0 Å². The maximum Gasteiger partial charge on any atom is 0.257 e. The lowest BCUT2D eigenvalue weighted by Crippen LogP contribution is -2.11. The lowest BCUT2D eigenvalue weighted by molar-refractivity contribution is 0.102. The van der Waals surface area contributed by atoms with Crippen molar-refractivity contribution in [2.45, 2.75) is 0 Å². The third-order valence-electron chi connectivity index (χ3n) is 4.11. The largest absolute Gasteiger partial charge is 0.298 e. The van der Waals surface area contributed by atoms with Gasteiger partial charge >= 0.3 is 0 Å². The molecule has 138 valence electrons. The predicted octanol–water partition coefficient (Wildman–Crippen LogP) is 7.04. The molecule has 0 bridgehead atoms. The third-order valence-corrected chi connectivity index (χ3v) is 5.63. The number of rotatable bonds is 4. The van der Waals surface area contributed by atoms with Crippen molar-refractivity contribution in [3.05, 3.63) is 94.5 Å². The predicted molar refractivity (Wildman–Crippen MR) is 117 cm³/mol. The zero-order valence-electron chi connectivity index (χ0n) is 14.5. The highest BCUT2D eigenvalue weighted by molar-refractivity contribution is 7.19. The number of nitrogens with one attached hydrogen (secondary N) is 1. The maximum absolute atomic E-state index is 12.6. The molecule has 6 heteroatoms. The second-order valence-corrected chi connectivity index (χ2v) is 7.90.